The van der Waals surface area contributed by atoms with Crippen molar-refractivity contribution in [2.24, 2.45) is 11.8 Å². The van der Waals surface area contributed by atoms with E-state index in [-0.39, 0.29) is 31.1 Å². The van der Waals surface area contributed by atoms with Gasteiger partial charge >= 0.3 is 5.97 Å². The number of rotatable bonds is 3. The van der Waals surface area contributed by atoms with E-state index in [2.05, 4.69) is 0 Å². The van der Waals surface area contributed by atoms with Crippen LogP contribution >= 0.6 is 0 Å². The Hall–Kier alpha value is -0.670. The second-order valence-corrected chi connectivity index (χ2v) is 3.93. The van der Waals surface area contributed by atoms with Crippen LogP contribution in [0.15, 0.2) is 0 Å². The Morgan fingerprint density at radius 1 is 1.69 bits per heavy atom. The first kappa shape index (κ1) is 10.4. The molecule has 0 saturated heterocycles. The summed E-state index contributed by atoms with van der Waals surface area (Å²) in [5, 5.41) is 8.49. The SMILES string of the molecule is CC(CC(=O)O)C1CCC(F)(F)C1. The molecule has 0 aromatic heterocycles. The second-order valence-electron chi connectivity index (χ2n) is 3.93. The fourth-order valence-corrected chi connectivity index (χ4v) is 1.91. The van der Waals surface area contributed by atoms with Crippen LogP contribution in [0.5, 0.6) is 0 Å². The van der Waals surface area contributed by atoms with Crippen LogP contribution in [0.1, 0.15) is 32.6 Å². The molecule has 13 heavy (non-hydrogen) atoms. The van der Waals surface area contributed by atoms with Crippen molar-refractivity contribution in [3.63, 3.8) is 0 Å². The predicted molar refractivity (Wildman–Crippen MR) is 43.7 cm³/mol. The maximum absolute atomic E-state index is 12.7. The number of carbonyl (C=O) groups is 1. The Kier molecular flexibility index (Phi) is 2.88. The molecule has 2 unspecified atom stereocenters. The van der Waals surface area contributed by atoms with Crippen molar-refractivity contribution in [3.8, 4) is 0 Å². The normalized spacial score (nSPS) is 28.7. The van der Waals surface area contributed by atoms with E-state index in [1.165, 1.54) is 0 Å². The monoisotopic (exact) mass is 192 g/mol. The Balaban J connectivity index is 2.42. The van der Waals surface area contributed by atoms with Gasteiger partial charge in [0.05, 0.1) is 0 Å². The van der Waals surface area contributed by atoms with Gasteiger partial charge in [0.2, 0.25) is 5.92 Å². The summed E-state index contributed by atoms with van der Waals surface area (Å²) in [5.41, 5.74) is 0. The number of hydrogen-bond donors (Lipinski definition) is 1. The number of carboxylic acids is 1. The summed E-state index contributed by atoms with van der Waals surface area (Å²) in [6.45, 7) is 1.74. The molecule has 0 heterocycles. The highest BCUT2D eigenvalue weighted by molar-refractivity contribution is 5.67. The van der Waals surface area contributed by atoms with Crippen LogP contribution in [0, 0.1) is 11.8 Å². The summed E-state index contributed by atoms with van der Waals surface area (Å²) in [5.74, 6) is -3.71. The van der Waals surface area contributed by atoms with E-state index in [1.54, 1.807) is 6.92 Å². The molecule has 1 fully saturated rings. The zero-order chi connectivity index (χ0) is 10.1. The fraction of sp³-hybridized carbons (Fsp3) is 0.889. The van der Waals surface area contributed by atoms with Gasteiger partial charge < -0.3 is 5.11 Å². The van der Waals surface area contributed by atoms with E-state index >= 15 is 0 Å². The van der Waals surface area contributed by atoms with Gasteiger partial charge in [0, 0.05) is 19.3 Å². The Morgan fingerprint density at radius 2 is 2.31 bits per heavy atom. The average Bonchev–Trinajstić information content (AvgIpc) is 2.28. The third kappa shape index (κ3) is 2.94. The predicted octanol–water partition coefficient (Wildman–Crippen LogP) is 2.53. The van der Waals surface area contributed by atoms with E-state index in [1.807, 2.05) is 0 Å². The van der Waals surface area contributed by atoms with Gasteiger partial charge in [-0.2, -0.15) is 0 Å². The van der Waals surface area contributed by atoms with Crippen LogP contribution in [0.2, 0.25) is 0 Å². The van der Waals surface area contributed by atoms with Gasteiger partial charge in [-0.25, -0.2) is 8.78 Å². The van der Waals surface area contributed by atoms with Crippen molar-refractivity contribution in [2.75, 3.05) is 0 Å². The van der Waals surface area contributed by atoms with Crippen molar-refractivity contribution in [3.05, 3.63) is 0 Å². The summed E-state index contributed by atoms with van der Waals surface area (Å²) in [4.78, 5) is 10.3. The van der Waals surface area contributed by atoms with Crippen molar-refractivity contribution < 1.29 is 18.7 Å². The third-order valence-electron chi connectivity index (χ3n) is 2.74. The molecule has 0 radical (unpaired) electrons. The van der Waals surface area contributed by atoms with Crippen molar-refractivity contribution >= 4 is 5.97 Å². The minimum atomic E-state index is -2.56. The van der Waals surface area contributed by atoms with Crippen LogP contribution in [-0.2, 0) is 4.79 Å². The molecule has 1 aliphatic rings. The molecule has 2 atom stereocenters. The van der Waals surface area contributed by atoms with Crippen LogP contribution in [-0.4, -0.2) is 17.0 Å². The Labute approximate surface area is 75.9 Å². The van der Waals surface area contributed by atoms with Crippen molar-refractivity contribution in [1.82, 2.24) is 0 Å². The van der Waals surface area contributed by atoms with E-state index in [0.29, 0.717) is 6.42 Å². The highest BCUT2D eigenvalue weighted by atomic mass is 19.3. The zero-order valence-electron chi connectivity index (χ0n) is 7.59. The lowest BCUT2D eigenvalue weighted by molar-refractivity contribution is -0.138. The van der Waals surface area contributed by atoms with Crippen LogP contribution in [0.4, 0.5) is 8.78 Å². The first-order valence-corrected chi connectivity index (χ1v) is 4.50. The van der Waals surface area contributed by atoms with Gasteiger partial charge in [-0.1, -0.05) is 6.92 Å². The molecule has 4 heteroatoms. The minimum Gasteiger partial charge on any atom is -0.481 e. The van der Waals surface area contributed by atoms with Gasteiger partial charge in [-0.3, -0.25) is 4.79 Å². The van der Waals surface area contributed by atoms with E-state index in [9.17, 15) is 13.6 Å². The molecule has 0 amide bonds. The lowest BCUT2D eigenvalue weighted by Gasteiger charge is -2.16. The quantitative estimate of drug-likeness (QED) is 0.746. The molecular weight excluding hydrogens is 178 g/mol. The molecule has 0 aliphatic heterocycles. The summed E-state index contributed by atoms with van der Waals surface area (Å²) in [7, 11) is 0. The molecule has 2 nitrogen and oxygen atoms in total. The topological polar surface area (TPSA) is 37.3 Å². The van der Waals surface area contributed by atoms with Gasteiger partial charge in [-0.15, -0.1) is 0 Å². The van der Waals surface area contributed by atoms with Crippen LogP contribution < -0.4 is 0 Å². The summed E-state index contributed by atoms with van der Waals surface area (Å²) in [6.07, 6.45) is 0.241. The smallest absolute Gasteiger partial charge is 0.303 e. The zero-order valence-corrected chi connectivity index (χ0v) is 7.59. The first-order valence-electron chi connectivity index (χ1n) is 4.50. The molecule has 1 saturated carbocycles. The highest BCUT2D eigenvalue weighted by Gasteiger charge is 2.41. The molecule has 1 N–H and O–H groups in total. The summed E-state index contributed by atoms with van der Waals surface area (Å²) < 4.78 is 25.5. The van der Waals surface area contributed by atoms with Gasteiger partial charge in [0.1, 0.15) is 0 Å². The molecule has 76 valence electrons. The molecular formula is C9H14F2O2. The summed E-state index contributed by atoms with van der Waals surface area (Å²) >= 11 is 0. The standard InChI is InChI=1S/C9H14F2O2/c1-6(4-8(12)13)7-2-3-9(10,11)5-7/h6-7H,2-5H2,1H3,(H,12,13). The summed E-state index contributed by atoms with van der Waals surface area (Å²) in [6, 6.07) is 0. The third-order valence-corrected chi connectivity index (χ3v) is 2.74. The van der Waals surface area contributed by atoms with Crippen molar-refractivity contribution in [2.45, 2.75) is 38.5 Å². The first-order chi connectivity index (χ1) is 5.91. The highest BCUT2D eigenvalue weighted by Crippen LogP contribution is 2.42. The van der Waals surface area contributed by atoms with Crippen LogP contribution in [0.25, 0.3) is 0 Å². The Morgan fingerprint density at radius 3 is 2.69 bits per heavy atom. The Bertz CT molecular complexity index is 204. The lowest BCUT2D eigenvalue weighted by Crippen LogP contribution is -2.16. The number of halogens is 2. The number of carboxylic acid groups (broad SMARTS) is 1. The van der Waals surface area contributed by atoms with Crippen LogP contribution in [0.3, 0.4) is 0 Å². The van der Waals surface area contributed by atoms with Gasteiger partial charge in [0.15, 0.2) is 0 Å². The lowest BCUT2D eigenvalue weighted by atomic mass is 9.90. The second kappa shape index (κ2) is 3.60. The van der Waals surface area contributed by atoms with E-state index in [4.69, 9.17) is 5.11 Å². The van der Waals surface area contributed by atoms with E-state index in [0.717, 1.165) is 0 Å². The van der Waals surface area contributed by atoms with Crippen molar-refractivity contribution in [1.29, 1.82) is 0 Å². The largest absolute Gasteiger partial charge is 0.481 e. The molecule has 1 aliphatic carbocycles. The average molecular weight is 192 g/mol. The molecule has 1 rings (SSSR count). The molecule has 0 aromatic carbocycles. The fourth-order valence-electron chi connectivity index (χ4n) is 1.91. The maximum atomic E-state index is 12.7. The number of alkyl halides is 2. The molecule has 0 spiro atoms. The number of hydrogen-bond acceptors (Lipinski definition) is 1. The number of aliphatic carboxylic acids is 1. The minimum absolute atomic E-state index is 0.000741. The maximum Gasteiger partial charge on any atom is 0.303 e. The van der Waals surface area contributed by atoms with Gasteiger partial charge in [0.25, 0.3) is 0 Å². The molecule has 0 bridgehead atoms. The van der Waals surface area contributed by atoms with E-state index < -0.39 is 11.9 Å². The van der Waals surface area contributed by atoms with Gasteiger partial charge in [-0.05, 0) is 18.3 Å². The molecule has 0 aromatic rings.